The minimum atomic E-state index is -0.910. The number of ether oxygens (including phenoxy) is 2. The lowest BCUT2D eigenvalue weighted by Crippen LogP contribution is -2.53. The van der Waals surface area contributed by atoms with Crippen molar-refractivity contribution in [3.05, 3.63) is 46.0 Å². The molecule has 3 N–H and O–H groups in total. The van der Waals surface area contributed by atoms with Gasteiger partial charge in [0.15, 0.2) is 0 Å². The molecule has 0 radical (unpaired) electrons. The highest BCUT2D eigenvalue weighted by atomic mass is 17.0. The van der Waals surface area contributed by atoms with Gasteiger partial charge >= 0.3 is 5.97 Å². The van der Waals surface area contributed by atoms with Gasteiger partial charge in [-0.25, -0.2) is 0 Å². The van der Waals surface area contributed by atoms with Crippen molar-refractivity contribution >= 4 is 17.7 Å². The predicted octanol–water partition coefficient (Wildman–Crippen LogP) is 2.45. The molecule has 0 saturated carbocycles. The standard InChI is InChI=1S/C28H46N4O8/c1-3-5-17-31(22-27(34)39-20-18-38-19-21-40-32(36)37)28(35)25(13-9-10-16-29)30-24(26(33)4-2)15-14-23-11-7-6-8-12-23/h6-8,11-12,24-25,30H,3-5,9-10,13-22,29H2,1-2H3. The van der Waals surface area contributed by atoms with E-state index < -0.39 is 23.1 Å². The van der Waals surface area contributed by atoms with Gasteiger partial charge in [0, 0.05) is 13.0 Å². The SMILES string of the molecule is CCCCN(CC(=O)OCCOCCO[N+](=O)[O-])C(=O)C(CCCCN)NC(CCc1ccccc1)C(=O)CC. The van der Waals surface area contributed by atoms with Crippen LogP contribution in [0.1, 0.15) is 64.4 Å². The third-order valence-electron chi connectivity index (χ3n) is 6.28. The summed E-state index contributed by atoms with van der Waals surface area (Å²) >= 11 is 0. The van der Waals surface area contributed by atoms with Gasteiger partial charge in [0.2, 0.25) is 5.91 Å². The highest BCUT2D eigenvalue weighted by molar-refractivity contribution is 5.88. The van der Waals surface area contributed by atoms with E-state index in [1.165, 1.54) is 4.90 Å². The molecule has 12 heteroatoms. The van der Waals surface area contributed by atoms with Crippen LogP contribution in [0.25, 0.3) is 0 Å². The molecule has 1 aromatic carbocycles. The molecule has 0 fully saturated rings. The van der Waals surface area contributed by atoms with Gasteiger partial charge in [-0.1, -0.05) is 57.0 Å². The summed E-state index contributed by atoms with van der Waals surface area (Å²) in [6.45, 7) is 4.21. The number of nitrogens with one attached hydrogen (secondary N) is 1. The van der Waals surface area contributed by atoms with Gasteiger partial charge in [-0.05, 0) is 44.2 Å². The lowest BCUT2D eigenvalue weighted by Gasteiger charge is -2.30. The first-order chi connectivity index (χ1) is 19.3. The van der Waals surface area contributed by atoms with E-state index in [4.69, 9.17) is 15.2 Å². The fourth-order valence-electron chi connectivity index (χ4n) is 4.08. The number of amides is 1. The average molecular weight is 567 g/mol. The van der Waals surface area contributed by atoms with Gasteiger partial charge in [0.25, 0.3) is 5.09 Å². The Kier molecular flexibility index (Phi) is 19.0. The van der Waals surface area contributed by atoms with Gasteiger partial charge < -0.3 is 24.9 Å². The van der Waals surface area contributed by atoms with Gasteiger partial charge in [0.1, 0.15) is 25.5 Å². The molecule has 0 aliphatic carbocycles. The zero-order valence-electron chi connectivity index (χ0n) is 23.9. The monoisotopic (exact) mass is 566 g/mol. The number of unbranched alkanes of at least 4 members (excludes halogenated alkanes) is 2. The average Bonchev–Trinajstić information content (AvgIpc) is 2.95. The molecule has 0 aliphatic rings. The molecule has 226 valence electrons. The van der Waals surface area contributed by atoms with Crippen molar-refractivity contribution in [2.75, 3.05) is 46.1 Å². The maximum Gasteiger partial charge on any atom is 0.325 e. The molecule has 1 rings (SSSR count). The number of Topliss-reactive ketones (excluding diaryl/α,β-unsaturated/α-hetero) is 1. The maximum absolute atomic E-state index is 13.7. The Morgan fingerprint density at radius 1 is 1.00 bits per heavy atom. The van der Waals surface area contributed by atoms with Crippen molar-refractivity contribution in [2.45, 2.75) is 77.3 Å². The Bertz CT molecular complexity index is 871. The number of rotatable bonds is 24. The molecule has 12 nitrogen and oxygen atoms in total. The van der Waals surface area contributed by atoms with Crippen molar-refractivity contribution in [1.82, 2.24) is 10.2 Å². The summed E-state index contributed by atoms with van der Waals surface area (Å²) in [7, 11) is 0. The first kappa shape index (κ1) is 34.9. The number of benzene rings is 1. The molecule has 1 amide bonds. The van der Waals surface area contributed by atoms with E-state index in [1.54, 1.807) is 0 Å². The molecular formula is C28H46N4O8. The largest absolute Gasteiger partial charge is 0.462 e. The highest BCUT2D eigenvalue weighted by Crippen LogP contribution is 2.13. The fraction of sp³-hybridized carbons (Fsp3) is 0.679. The van der Waals surface area contributed by atoms with Gasteiger partial charge in [-0.2, -0.15) is 0 Å². The maximum atomic E-state index is 13.7. The second-order valence-corrected chi connectivity index (χ2v) is 9.40. The summed E-state index contributed by atoms with van der Waals surface area (Å²) in [5, 5.41) is 12.6. The van der Waals surface area contributed by atoms with Crippen LogP contribution in [0.3, 0.4) is 0 Å². The number of esters is 1. The molecule has 40 heavy (non-hydrogen) atoms. The number of hydrogen-bond donors (Lipinski definition) is 2. The number of hydrogen-bond acceptors (Lipinski definition) is 10. The van der Waals surface area contributed by atoms with Gasteiger partial charge in [-0.3, -0.25) is 19.7 Å². The van der Waals surface area contributed by atoms with Crippen molar-refractivity contribution < 1.29 is 33.8 Å². The Labute approximate surface area is 237 Å². The molecule has 0 aliphatic heterocycles. The normalized spacial score (nSPS) is 12.4. The number of carbonyl (C=O) groups excluding carboxylic acids is 3. The molecule has 0 aromatic heterocycles. The summed E-state index contributed by atoms with van der Waals surface area (Å²) in [4.78, 5) is 54.9. The smallest absolute Gasteiger partial charge is 0.325 e. The molecule has 2 unspecified atom stereocenters. The van der Waals surface area contributed by atoms with Gasteiger partial charge in [-0.15, -0.1) is 10.1 Å². The molecule has 0 bridgehead atoms. The number of nitrogens with two attached hydrogens (primary N) is 1. The number of nitrogens with zero attached hydrogens (tertiary/aromatic N) is 2. The first-order valence-electron chi connectivity index (χ1n) is 14.1. The zero-order valence-corrected chi connectivity index (χ0v) is 23.9. The van der Waals surface area contributed by atoms with Crippen molar-refractivity contribution in [2.24, 2.45) is 5.73 Å². The van der Waals surface area contributed by atoms with Crippen LogP contribution in [-0.4, -0.2) is 85.8 Å². The number of aryl methyl sites for hydroxylation is 1. The van der Waals surface area contributed by atoms with E-state index >= 15 is 0 Å². The lowest BCUT2D eigenvalue weighted by molar-refractivity contribution is -0.758. The second kappa shape index (κ2) is 21.7. The molecule has 2 atom stereocenters. The Morgan fingerprint density at radius 2 is 1.73 bits per heavy atom. The van der Waals surface area contributed by atoms with Crippen LogP contribution in [0.15, 0.2) is 30.3 Å². The predicted molar refractivity (Wildman–Crippen MR) is 150 cm³/mol. The van der Waals surface area contributed by atoms with Crippen molar-refractivity contribution in [3.8, 4) is 0 Å². The molecule has 0 heterocycles. The van der Waals surface area contributed by atoms with Crippen LogP contribution >= 0.6 is 0 Å². The van der Waals surface area contributed by atoms with Crippen LogP contribution < -0.4 is 11.1 Å². The van der Waals surface area contributed by atoms with E-state index in [-0.39, 0.29) is 44.7 Å². The third-order valence-corrected chi connectivity index (χ3v) is 6.28. The Hall–Kier alpha value is -3.09. The summed E-state index contributed by atoms with van der Waals surface area (Å²) in [6.07, 6.45) is 5.08. The van der Waals surface area contributed by atoms with Crippen LogP contribution in [0.2, 0.25) is 0 Å². The topological polar surface area (TPSA) is 163 Å². The van der Waals surface area contributed by atoms with Crippen molar-refractivity contribution in [1.29, 1.82) is 0 Å². The highest BCUT2D eigenvalue weighted by Gasteiger charge is 2.29. The molecule has 0 spiro atoms. The summed E-state index contributed by atoms with van der Waals surface area (Å²) in [5.41, 5.74) is 6.80. The summed E-state index contributed by atoms with van der Waals surface area (Å²) < 4.78 is 10.3. The third kappa shape index (κ3) is 15.5. The van der Waals surface area contributed by atoms with E-state index in [9.17, 15) is 24.5 Å². The summed E-state index contributed by atoms with van der Waals surface area (Å²) in [6, 6.07) is 8.76. The molecule has 1 aromatic rings. The molecular weight excluding hydrogens is 520 g/mol. The quantitative estimate of drug-likeness (QED) is 0.0822. The minimum absolute atomic E-state index is 0.0162. The molecule has 0 saturated heterocycles. The van der Waals surface area contributed by atoms with E-state index in [2.05, 4.69) is 10.2 Å². The van der Waals surface area contributed by atoms with Crippen LogP contribution in [0.4, 0.5) is 0 Å². The number of ketones is 1. The first-order valence-corrected chi connectivity index (χ1v) is 14.1. The van der Waals surface area contributed by atoms with Crippen molar-refractivity contribution in [3.63, 3.8) is 0 Å². The second-order valence-electron chi connectivity index (χ2n) is 9.40. The van der Waals surface area contributed by atoms with E-state index in [0.717, 1.165) is 18.4 Å². The van der Waals surface area contributed by atoms with Crippen LogP contribution in [0, 0.1) is 10.1 Å². The number of carbonyl (C=O) groups is 3. The fourth-order valence-corrected chi connectivity index (χ4v) is 4.08. The Balaban J connectivity index is 2.84. The van der Waals surface area contributed by atoms with E-state index in [1.807, 2.05) is 44.2 Å². The minimum Gasteiger partial charge on any atom is -0.462 e. The van der Waals surface area contributed by atoms with Crippen LogP contribution in [0.5, 0.6) is 0 Å². The van der Waals surface area contributed by atoms with E-state index in [0.29, 0.717) is 51.6 Å². The zero-order chi connectivity index (χ0) is 29.6. The Morgan fingerprint density at radius 3 is 2.38 bits per heavy atom. The summed E-state index contributed by atoms with van der Waals surface area (Å²) in [5.74, 6) is -0.791. The van der Waals surface area contributed by atoms with Crippen LogP contribution in [-0.2, 0) is 35.1 Å². The lowest BCUT2D eigenvalue weighted by atomic mass is 9.98. The van der Waals surface area contributed by atoms with Gasteiger partial charge in [0.05, 0.1) is 25.3 Å².